The number of amides is 1. The van der Waals surface area contributed by atoms with Crippen LogP contribution in [-0.2, 0) is 33.9 Å². The van der Waals surface area contributed by atoms with Gasteiger partial charge in [-0.3, -0.25) is 4.79 Å². The molecule has 196 valence electrons. The number of rotatable bonds is 7. The van der Waals surface area contributed by atoms with Gasteiger partial charge in [0.1, 0.15) is 11.5 Å². The van der Waals surface area contributed by atoms with E-state index < -0.39 is 35.4 Å². The molecule has 10 nitrogen and oxygen atoms in total. The normalized spacial score (nSPS) is 13.6. The highest BCUT2D eigenvalue weighted by Crippen LogP contribution is 2.27. The molecular formula is C23H22F3N5O5S. The van der Waals surface area contributed by atoms with Crippen molar-refractivity contribution in [2.45, 2.75) is 32.0 Å². The first kappa shape index (κ1) is 27.5. The lowest BCUT2D eigenvalue weighted by molar-refractivity contribution is -0.134. The number of benzene rings is 1. The lowest BCUT2D eigenvalue weighted by atomic mass is 10.0. The Labute approximate surface area is 212 Å². The molecule has 14 heteroatoms. The first-order chi connectivity index (χ1) is 17.5. The third-order valence-electron chi connectivity index (χ3n) is 5.28. The van der Waals surface area contributed by atoms with Crippen LogP contribution in [0.4, 0.5) is 13.2 Å². The molecule has 1 atom stereocenters. The topological polar surface area (TPSA) is 152 Å². The molecule has 0 saturated heterocycles. The molecule has 1 aliphatic heterocycles. The second-order valence-corrected chi connectivity index (χ2v) is 8.75. The number of nitrogens with zero attached hydrogens (tertiary/aromatic N) is 4. The van der Waals surface area contributed by atoms with E-state index in [1.807, 2.05) is 16.8 Å². The maximum Gasteiger partial charge on any atom is 0.328 e. The third-order valence-corrected chi connectivity index (χ3v) is 5.97. The Morgan fingerprint density at radius 1 is 1.08 bits per heavy atom. The Bertz CT molecular complexity index is 1300. The molecule has 4 N–H and O–H groups in total. The summed E-state index contributed by atoms with van der Waals surface area (Å²) in [5.74, 6) is -5.97. The third kappa shape index (κ3) is 7.47. The summed E-state index contributed by atoms with van der Waals surface area (Å²) in [6.45, 7) is 1.33. The van der Waals surface area contributed by atoms with Crippen LogP contribution in [-0.4, -0.2) is 60.5 Å². The van der Waals surface area contributed by atoms with E-state index >= 15 is 0 Å². The van der Waals surface area contributed by atoms with Crippen LogP contribution >= 0.6 is 11.3 Å². The van der Waals surface area contributed by atoms with Crippen LogP contribution in [0.1, 0.15) is 17.7 Å². The lowest BCUT2D eigenvalue weighted by Gasteiger charge is -2.28. The molecule has 2 aromatic heterocycles. The van der Waals surface area contributed by atoms with Gasteiger partial charge in [0.2, 0.25) is 5.91 Å². The highest BCUT2D eigenvalue weighted by molar-refractivity contribution is 7.08. The smallest absolute Gasteiger partial charge is 0.328 e. The number of hydrogen-bond acceptors (Lipinski definition) is 7. The summed E-state index contributed by atoms with van der Waals surface area (Å²) in [6, 6.07) is 2.50. The molecule has 1 amide bonds. The van der Waals surface area contributed by atoms with Crippen molar-refractivity contribution >= 4 is 29.2 Å². The minimum Gasteiger partial charge on any atom is -0.478 e. The second-order valence-electron chi connectivity index (χ2n) is 7.97. The van der Waals surface area contributed by atoms with E-state index in [2.05, 4.69) is 10.3 Å². The number of aliphatic carboxylic acids is 2. The quantitative estimate of drug-likeness (QED) is 0.307. The number of hydrogen-bond donors (Lipinski definition) is 3. The number of carbonyl (C=O) groups excluding carboxylic acids is 1. The van der Waals surface area contributed by atoms with Crippen LogP contribution in [0.2, 0.25) is 0 Å². The molecule has 3 aromatic rings. The van der Waals surface area contributed by atoms with Crippen molar-refractivity contribution < 1.29 is 37.8 Å². The van der Waals surface area contributed by atoms with Gasteiger partial charge in [-0.2, -0.15) is 11.3 Å². The number of carboxylic acids is 2. The largest absolute Gasteiger partial charge is 0.478 e. The van der Waals surface area contributed by atoms with E-state index in [0.29, 0.717) is 37.9 Å². The van der Waals surface area contributed by atoms with E-state index in [4.69, 9.17) is 15.9 Å². The number of fused-ring (bicyclic) bond motifs is 1. The van der Waals surface area contributed by atoms with Crippen molar-refractivity contribution in [2.75, 3.05) is 6.54 Å². The molecule has 4 rings (SSSR count). The molecule has 37 heavy (non-hydrogen) atoms. The predicted octanol–water partition coefficient (Wildman–Crippen LogP) is 2.44. The number of aromatic nitrogens is 3. The fraction of sp³-hybridized carbons (Fsp3) is 0.261. The summed E-state index contributed by atoms with van der Waals surface area (Å²) in [5.41, 5.74) is 8.49. The number of halogens is 3. The van der Waals surface area contributed by atoms with Gasteiger partial charge in [0, 0.05) is 48.2 Å². The highest BCUT2D eigenvalue weighted by Gasteiger charge is 2.27. The number of carboxylic acid groups (broad SMARTS) is 2. The Balaban J connectivity index is 0.000000414. The first-order valence-corrected chi connectivity index (χ1v) is 11.7. The highest BCUT2D eigenvalue weighted by atomic mass is 32.1. The molecule has 0 radical (unpaired) electrons. The van der Waals surface area contributed by atoms with Gasteiger partial charge < -0.3 is 20.8 Å². The van der Waals surface area contributed by atoms with Gasteiger partial charge in [0.25, 0.3) is 0 Å². The number of thiophene rings is 1. The van der Waals surface area contributed by atoms with E-state index in [1.54, 1.807) is 20.9 Å². The molecule has 0 unspecified atom stereocenters. The standard InChI is InChI=1S/C19H18F3N5OS.C4H4O4/c20-14-8-16(22)15(21)6-12(14)5-13(23)7-18(28)26-2-3-27-17(9-26)19(24-25-27)11-1-4-29-10-11;5-3(6)1-2-4(7)8/h1,4,6,8,10,13H,2-3,5,7,9,23H2;1-2H,(H,5,6)(H,7,8)/b;2-1+/t13-;/m1./s1. The van der Waals surface area contributed by atoms with Crippen LogP contribution in [0.25, 0.3) is 11.3 Å². The summed E-state index contributed by atoms with van der Waals surface area (Å²) >= 11 is 1.55. The van der Waals surface area contributed by atoms with Crippen molar-refractivity contribution in [3.63, 3.8) is 0 Å². The van der Waals surface area contributed by atoms with Crippen molar-refractivity contribution in [3.8, 4) is 11.3 Å². The summed E-state index contributed by atoms with van der Waals surface area (Å²) in [6.07, 6.45) is 1.01. The number of carbonyl (C=O) groups is 3. The molecule has 0 bridgehead atoms. The van der Waals surface area contributed by atoms with Gasteiger partial charge in [-0.1, -0.05) is 5.21 Å². The van der Waals surface area contributed by atoms with Crippen molar-refractivity contribution in [3.05, 3.63) is 69.8 Å². The molecule has 3 heterocycles. The maximum absolute atomic E-state index is 13.8. The molecule has 0 saturated carbocycles. The van der Waals surface area contributed by atoms with Crippen LogP contribution in [0.3, 0.4) is 0 Å². The molecule has 0 aliphatic carbocycles. The zero-order chi connectivity index (χ0) is 27.1. The Hall–Kier alpha value is -4.04. The summed E-state index contributed by atoms with van der Waals surface area (Å²) < 4.78 is 42.0. The van der Waals surface area contributed by atoms with E-state index in [1.165, 1.54) is 0 Å². The minimum atomic E-state index is -1.26. The van der Waals surface area contributed by atoms with Crippen LogP contribution < -0.4 is 5.73 Å². The minimum absolute atomic E-state index is 0.0339. The predicted molar refractivity (Wildman–Crippen MR) is 126 cm³/mol. The average molecular weight is 538 g/mol. The van der Waals surface area contributed by atoms with Gasteiger partial charge in [0.05, 0.1) is 18.8 Å². The number of nitrogens with two attached hydrogens (primary N) is 1. The van der Waals surface area contributed by atoms with Crippen LogP contribution in [0.5, 0.6) is 0 Å². The van der Waals surface area contributed by atoms with Crippen molar-refractivity contribution in [2.24, 2.45) is 5.73 Å². The zero-order valence-electron chi connectivity index (χ0n) is 19.2. The van der Waals surface area contributed by atoms with E-state index in [9.17, 15) is 27.6 Å². The SMILES string of the molecule is N[C@@H](CC(=O)N1CCn2nnc(-c3ccsc3)c2C1)Cc1cc(F)c(F)cc1F.O=C(O)/C=C/C(=O)O. The van der Waals surface area contributed by atoms with E-state index in [-0.39, 0.29) is 24.3 Å². The average Bonchev–Trinajstić information content (AvgIpc) is 3.51. The summed E-state index contributed by atoms with van der Waals surface area (Å²) in [4.78, 5) is 33.5. The Morgan fingerprint density at radius 2 is 1.76 bits per heavy atom. The van der Waals surface area contributed by atoms with Gasteiger partial charge in [-0.25, -0.2) is 27.4 Å². The van der Waals surface area contributed by atoms with Gasteiger partial charge >= 0.3 is 11.9 Å². The molecule has 0 spiro atoms. The monoisotopic (exact) mass is 537 g/mol. The van der Waals surface area contributed by atoms with Crippen molar-refractivity contribution in [1.29, 1.82) is 0 Å². The Kier molecular flexibility index (Phi) is 9.14. The maximum atomic E-state index is 13.8. The fourth-order valence-corrected chi connectivity index (χ4v) is 4.19. The van der Waals surface area contributed by atoms with Gasteiger partial charge in [-0.15, -0.1) is 5.10 Å². The Morgan fingerprint density at radius 3 is 2.38 bits per heavy atom. The molecular weight excluding hydrogens is 515 g/mol. The van der Waals surface area contributed by atoms with Crippen molar-refractivity contribution in [1.82, 2.24) is 19.9 Å². The first-order valence-electron chi connectivity index (χ1n) is 10.8. The summed E-state index contributed by atoms with van der Waals surface area (Å²) in [5, 5.41) is 27.9. The fourth-order valence-electron chi connectivity index (χ4n) is 3.55. The second kappa shape index (κ2) is 12.3. The lowest BCUT2D eigenvalue weighted by Crippen LogP contribution is -2.41. The van der Waals surface area contributed by atoms with Gasteiger partial charge in [-0.05, 0) is 29.5 Å². The molecule has 1 aromatic carbocycles. The van der Waals surface area contributed by atoms with Crippen LogP contribution in [0, 0.1) is 17.5 Å². The molecule has 1 aliphatic rings. The molecule has 0 fully saturated rings. The zero-order valence-corrected chi connectivity index (χ0v) is 20.0. The van der Waals surface area contributed by atoms with Gasteiger partial charge in [0.15, 0.2) is 11.6 Å². The van der Waals surface area contributed by atoms with E-state index in [0.717, 1.165) is 23.0 Å². The summed E-state index contributed by atoms with van der Waals surface area (Å²) in [7, 11) is 0. The van der Waals surface area contributed by atoms with Crippen LogP contribution in [0.15, 0.2) is 41.1 Å².